The molecule has 3 aromatic rings. The average molecular weight is 535 g/mol. The van der Waals surface area contributed by atoms with Gasteiger partial charge in [0.25, 0.3) is 0 Å². The Morgan fingerprint density at radius 2 is 1.82 bits per heavy atom. The fraction of sp³-hybridized carbons (Fsp3) is 0.345. The molecule has 1 heterocycles. The van der Waals surface area contributed by atoms with Crippen LogP contribution in [0.5, 0.6) is 11.5 Å². The van der Waals surface area contributed by atoms with Crippen LogP contribution in [0.15, 0.2) is 61.3 Å². The first kappa shape index (κ1) is 29.4. The first-order valence-electron chi connectivity index (χ1n) is 12.7. The largest absolute Gasteiger partial charge is 0.494 e. The number of hydrogen-bond acceptors (Lipinski definition) is 9. The highest BCUT2D eigenvalue weighted by Gasteiger charge is 2.18. The molecule has 0 radical (unpaired) electrons. The molecule has 0 saturated carbocycles. The van der Waals surface area contributed by atoms with Crippen molar-refractivity contribution >= 4 is 28.9 Å². The summed E-state index contributed by atoms with van der Waals surface area (Å²) in [7, 11) is 7.52. The van der Waals surface area contributed by atoms with E-state index in [0.717, 1.165) is 24.5 Å². The van der Waals surface area contributed by atoms with E-state index in [1.54, 1.807) is 37.6 Å². The van der Waals surface area contributed by atoms with E-state index >= 15 is 0 Å². The second kappa shape index (κ2) is 13.6. The number of amides is 1. The van der Waals surface area contributed by atoms with Gasteiger partial charge in [-0.25, -0.2) is 9.97 Å². The number of anilines is 4. The number of rotatable bonds is 13. The summed E-state index contributed by atoms with van der Waals surface area (Å²) in [5.74, 6) is 1.20. The van der Waals surface area contributed by atoms with E-state index in [4.69, 9.17) is 9.47 Å². The number of methoxy groups -OCH3 is 1. The molecule has 0 saturated heterocycles. The molecule has 0 bridgehead atoms. The Kier molecular flexibility index (Phi) is 10.2. The third-order valence-corrected chi connectivity index (χ3v) is 5.83. The van der Waals surface area contributed by atoms with Crippen molar-refractivity contribution in [2.24, 2.45) is 0 Å². The molecule has 3 N–H and O–H groups in total. The minimum absolute atomic E-state index is 0.0615. The van der Waals surface area contributed by atoms with Crippen LogP contribution in [0.4, 0.5) is 23.0 Å². The standard InChI is InChI=1S/C29H38N6O4/c1-8-27(36)31-23-17-24(26(38-7)18-25(23)35(6)16-15-34(4)5)33-29-30-14-13-22(32-29)28(37)20-9-11-21(12-10-20)39-19(2)3/h8-14,17-19,28,37H,1,15-16H2,2-7H3,(H,31,36)(H,30,32,33). The van der Waals surface area contributed by atoms with E-state index in [1.807, 2.05) is 58.1 Å². The number of carbonyl (C=O) groups is 1. The molecule has 1 amide bonds. The molecule has 0 aliphatic rings. The van der Waals surface area contributed by atoms with Crippen LogP contribution in [-0.2, 0) is 4.79 Å². The van der Waals surface area contributed by atoms with Gasteiger partial charge in [0, 0.05) is 32.4 Å². The van der Waals surface area contributed by atoms with Crippen LogP contribution in [0.25, 0.3) is 0 Å². The van der Waals surface area contributed by atoms with Crippen molar-refractivity contribution < 1.29 is 19.4 Å². The van der Waals surface area contributed by atoms with Crippen molar-refractivity contribution in [3.8, 4) is 11.5 Å². The Hall–Kier alpha value is -4.15. The van der Waals surface area contributed by atoms with Crippen molar-refractivity contribution in [3.05, 3.63) is 72.6 Å². The number of hydrogen-bond donors (Lipinski definition) is 3. The van der Waals surface area contributed by atoms with Crippen LogP contribution in [0, 0.1) is 0 Å². The molecule has 0 aliphatic carbocycles. The molecule has 3 rings (SSSR count). The maximum absolute atomic E-state index is 12.2. The molecule has 2 aromatic carbocycles. The van der Waals surface area contributed by atoms with Gasteiger partial charge in [-0.15, -0.1) is 0 Å². The number of carbonyl (C=O) groups excluding carboxylic acids is 1. The zero-order chi connectivity index (χ0) is 28.5. The summed E-state index contributed by atoms with van der Waals surface area (Å²) in [5.41, 5.74) is 2.99. The van der Waals surface area contributed by atoms with Crippen LogP contribution in [0.2, 0.25) is 0 Å². The number of likely N-dealkylation sites (N-methyl/N-ethyl adjacent to an activating group) is 2. The summed E-state index contributed by atoms with van der Waals surface area (Å²) < 4.78 is 11.3. The van der Waals surface area contributed by atoms with Gasteiger partial charge >= 0.3 is 0 Å². The molecule has 1 atom stereocenters. The van der Waals surface area contributed by atoms with E-state index in [2.05, 4.69) is 32.1 Å². The Morgan fingerprint density at radius 3 is 2.44 bits per heavy atom. The predicted molar refractivity (Wildman–Crippen MR) is 155 cm³/mol. The van der Waals surface area contributed by atoms with Gasteiger partial charge in [-0.2, -0.15) is 0 Å². The first-order chi connectivity index (χ1) is 18.6. The maximum atomic E-state index is 12.2. The van der Waals surface area contributed by atoms with Gasteiger partial charge in [-0.05, 0) is 63.8 Å². The fourth-order valence-electron chi connectivity index (χ4n) is 3.78. The van der Waals surface area contributed by atoms with Crippen LogP contribution in [0.1, 0.15) is 31.2 Å². The highest BCUT2D eigenvalue weighted by molar-refractivity contribution is 6.02. The summed E-state index contributed by atoms with van der Waals surface area (Å²) in [5, 5.41) is 17.0. The Morgan fingerprint density at radius 1 is 1.10 bits per heavy atom. The molecule has 0 fully saturated rings. The number of aliphatic hydroxyl groups excluding tert-OH is 1. The number of nitrogens with zero attached hydrogens (tertiary/aromatic N) is 4. The van der Waals surface area contributed by atoms with Crippen LogP contribution in [-0.4, -0.2) is 73.3 Å². The zero-order valence-corrected chi connectivity index (χ0v) is 23.4. The van der Waals surface area contributed by atoms with Gasteiger partial charge < -0.3 is 35.0 Å². The lowest BCUT2D eigenvalue weighted by molar-refractivity contribution is -0.111. The number of ether oxygens (including phenoxy) is 2. The topological polar surface area (TPSA) is 112 Å². The van der Waals surface area contributed by atoms with E-state index in [1.165, 1.54) is 6.08 Å². The third-order valence-electron chi connectivity index (χ3n) is 5.83. The second-order valence-corrected chi connectivity index (χ2v) is 9.56. The minimum atomic E-state index is -0.960. The van der Waals surface area contributed by atoms with Crippen molar-refractivity contribution in [1.82, 2.24) is 14.9 Å². The highest BCUT2D eigenvalue weighted by Crippen LogP contribution is 2.38. The second-order valence-electron chi connectivity index (χ2n) is 9.56. The van der Waals surface area contributed by atoms with Crippen molar-refractivity contribution in [3.63, 3.8) is 0 Å². The van der Waals surface area contributed by atoms with Gasteiger partial charge in [0.2, 0.25) is 11.9 Å². The Labute approximate surface area is 230 Å². The Balaban J connectivity index is 1.89. The number of aromatic nitrogens is 2. The molecule has 10 nitrogen and oxygen atoms in total. The molecule has 0 spiro atoms. The number of aliphatic hydroxyl groups is 1. The summed E-state index contributed by atoms with van der Waals surface area (Å²) in [4.78, 5) is 25.2. The molecule has 1 aromatic heterocycles. The molecular weight excluding hydrogens is 496 g/mol. The number of benzene rings is 2. The summed E-state index contributed by atoms with van der Waals surface area (Å²) in [6, 6.07) is 12.5. The maximum Gasteiger partial charge on any atom is 0.247 e. The summed E-state index contributed by atoms with van der Waals surface area (Å²) >= 11 is 0. The van der Waals surface area contributed by atoms with Crippen molar-refractivity contribution in [1.29, 1.82) is 0 Å². The minimum Gasteiger partial charge on any atom is -0.494 e. The van der Waals surface area contributed by atoms with E-state index < -0.39 is 6.10 Å². The quantitative estimate of drug-likeness (QED) is 0.278. The van der Waals surface area contributed by atoms with Gasteiger partial charge in [0.1, 0.15) is 17.6 Å². The molecule has 1 unspecified atom stereocenters. The SMILES string of the molecule is C=CC(=O)Nc1cc(Nc2nccc(C(O)c3ccc(OC(C)C)cc3)n2)c(OC)cc1N(C)CCN(C)C. The van der Waals surface area contributed by atoms with Gasteiger partial charge in [0.15, 0.2) is 0 Å². The lowest BCUT2D eigenvalue weighted by atomic mass is 10.1. The van der Waals surface area contributed by atoms with Crippen molar-refractivity contribution in [2.75, 3.05) is 56.9 Å². The van der Waals surface area contributed by atoms with Crippen LogP contribution in [0.3, 0.4) is 0 Å². The number of nitrogens with one attached hydrogen (secondary N) is 2. The smallest absolute Gasteiger partial charge is 0.247 e. The van der Waals surface area contributed by atoms with E-state index in [-0.39, 0.29) is 18.0 Å². The third kappa shape index (κ3) is 8.17. The van der Waals surface area contributed by atoms with E-state index in [9.17, 15) is 9.90 Å². The first-order valence-corrected chi connectivity index (χ1v) is 12.7. The lowest BCUT2D eigenvalue weighted by Crippen LogP contribution is -2.29. The molecule has 0 aliphatic heterocycles. The van der Waals surface area contributed by atoms with Gasteiger partial charge in [-0.1, -0.05) is 18.7 Å². The van der Waals surface area contributed by atoms with Crippen LogP contribution < -0.4 is 25.0 Å². The lowest BCUT2D eigenvalue weighted by Gasteiger charge is -2.26. The van der Waals surface area contributed by atoms with Crippen molar-refractivity contribution in [2.45, 2.75) is 26.1 Å². The van der Waals surface area contributed by atoms with Gasteiger partial charge in [0.05, 0.1) is 36.0 Å². The van der Waals surface area contributed by atoms with Gasteiger partial charge in [-0.3, -0.25) is 4.79 Å². The average Bonchev–Trinajstić information content (AvgIpc) is 2.91. The monoisotopic (exact) mass is 534 g/mol. The fourth-order valence-corrected chi connectivity index (χ4v) is 3.78. The predicted octanol–water partition coefficient (Wildman–Crippen LogP) is 4.22. The zero-order valence-electron chi connectivity index (χ0n) is 23.4. The molecule has 208 valence electrons. The Bertz CT molecular complexity index is 1260. The highest BCUT2D eigenvalue weighted by atomic mass is 16.5. The normalized spacial score (nSPS) is 11.7. The summed E-state index contributed by atoms with van der Waals surface area (Å²) in [6.07, 6.45) is 1.89. The van der Waals surface area contributed by atoms with E-state index in [0.29, 0.717) is 28.4 Å². The van der Waals surface area contributed by atoms with Crippen LogP contribution >= 0.6 is 0 Å². The molecule has 39 heavy (non-hydrogen) atoms. The summed E-state index contributed by atoms with van der Waals surface area (Å²) in [6.45, 7) is 9.03. The molecule has 10 heteroatoms. The molecular formula is C29H38N6O4.